The van der Waals surface area contributed by atoms with Crippen molar-refractivity contribution in [3.8, 4) is 5.75 Å². The molecule has 0 fully saturated rings. The van der Waals surface area contributed by atoms with Gasteiger partial charge in [0.25, 0.3) is 0 Å². The van der Waals surface area contributed by atoms with E-state index in [9.17, 15) is 9.90 Å². The van der Waals surface area contributed by atoms with Crippen molar-refractivity contribution in [1.82, 2.24) is 10.6 Å². The van der Waals surface area contributed by atoms with Gasteiger partial charge in [-0.3, -0.25) is 0 Å². The van der Waals surface area contributed by atoms with Crippen LogP contribution in [0.15, 0.2) is 60.0 Å². The molecule has 1 unspecified atom stereocenters. The summed E-state index contributed by atoms with van der Waals surface area (Å²) in [6, 6.07) is 17.0. The Morgan fingerprint density at radius 1 is 1.08 bits per heavy atom. The molecule has 6 heteroatoms. The number of benzene rings is 2. The number of aliphatic hydroxyl groups excluding tert-OH is 1. The van der Waals surface area contributed by atoms with Gasteiger partial charge in [0.15, 0.2) is 0 Å². The summed E-state index contributed by atoms with van der Waals surface area (Å²) in [5, 5.41) is 18.7. The van der Waals surface area contributed by atoms with Crippen LogP contribution in [-0.4, -0.2) is 30.8 Å². The Hall–Kier alpha value is -2.57. The van der Waals surface area contributed by atoms with Crippen molar-refractivity contribution < 1.29 is 14.6 Å². The van der Waals surface area contributed by atoms with E-state index >= 15 is 0 Å². The van der Waals surface area contributed by atoms with Gasteiger partial charge in [-0.05, 0) is 29.0 Å². The molecule has 0 bridgehead atoms. The first-order valence-corrected chi connectivity index (χ1v) is 8.96. The molecular weight excluding hydrogens is 336 g/mol. The quantitative estimate of drug-likeness (QED) is 0.569. The van der Waals surface area contributed by atoms with Crippen LogP contribution in [0.4, 0.5) is 4.79 Å². The Balaban J connectivity index is 1.40. The van der Waals surface area contributed by atoms with Crippen LogP contribution in [0.3, 0.4) is 0 Å². The van der Waals surface area contributed by atoms with Gasteiger partial charge in [-0.2, -0.15) is 0 Å². The third kappa shape index (κ3) is 4.71. The van der Waals surface area contributed by atoms with Gasteiger partial charge in [0.2, 0.25) is 0 Å². The van der Waals surface area contributed by atoms with E-state index in [4.69, 9.17) is 4.74 Å². The van der Waals surface area contributed by atoms with Crippen molar-refractivity contribution in [1.29, 1.82) is 0 Å². The maximum Gasteiger partial charge on any atom is 0.315 e. The Bertz CT molecular complexity index is 820. The molecule has 0 aliphatic carbocycles. The van der Waals surface area contributed by atoms with Crippen molar-refractivity contribution in [2.24, 2.45) is 0 Å². The van der Waals surface area contributed by atoms with Crippen LogP contribution in [0, 0.1) is 0 Å². The lowest BCUT2D eigenvalue weighted by Crippen LogP contribution is -2.39. The fraction of sp³-hybridized carbons (Fsp3) is 0.211. The summed E-state index contributed by atoms with van der Waals surface area (Å²) in [4.78, 5) is 11.8. The van der Waals surface area contributed by atoms with Crippen LogP contribution < -0.4 is 15.4 Å². The highest BCUT2D eigenvalue weighted by molar-refractivity contribution is 7.17. The van der Waals surface area contributed by atoms with Crippen LogP contribution in [0.5, 0.6) is 5.75 Å². The molecule has 3 rings (SSSR count). The van der Waals surface area contributed by atoms with E-state index in [0.717, 1.165) is 21.4 Å². The third-order valence-electron chi connectivity index (χ3n) is 3.73. The lowest BCUT2D eigenvalue weighted by Gasteiger charge is -2.12. The standard InChI is InChI=1S/C19H20N2O3S/c22-17(16-13-25-18-9-5-4-8-15(16)18)12-21-19(23)20-10-11-24-14-6-2-1-3-7-14/h1-9,13,17,22H,10-12H2,(H2,20,21,23). The monoisotopic (exact) mass is 356 g/mol. The van der Waals surface area contributed by atoms with Crippen molar-refractivity contribution in [2.45, 2.75) is 6.10 Å². The molecule has 1 heterocycles. The number of nitrogens with one attached hydrogen (secondary N) is 2. The minimum absolute atomic E-state index is 0.159. The topological polar surface area (TPSA) is 70.6 Å². The van der Waals surface area contributed by atoms with E-state index in [1.165, 1.54) is 0 Å². The average molecular weight is 356 g/mol. The molecule has 0 saturated heterocycles. The fourth-order valence-corrected chi connectivity index (χ4v) is 3.48. The molecule has 0 aliphatic heterocycles. The van der Waals surface area contributed by atoms with Crippen molar-refractivity contribution in [3.63, 3.8) is 0 Å². The van der Waals surface area contributed by atoms with Gasteiger partial charge in [-0.15, -0.1) is 11.3 Å². The normalized spacial score (nSPS) is 11.9. The molecule has 130 valence electrons. The first-order chi connectivity index (χ1) is 12.2. The minimum atomic E-state index is -0.734. The highest BCUT2D eigenvalue weighted by Crippen LogP contribution is 2.29. The summed E-state index contributed by atoms with van der Waals surface area (Å²) >= 11 is 1.59. The van der Waals surface area contributed by atoms with Gasteiger partial charge >= 0.3 is 6.03 Å². The molecule has 0 saturated carbocycles. The number of para-hydroxylation sites is 1. The van der Waals surface area contributed by atoms with E-state index in [-0.39, 0.29) is 12.6 Å². The molecule has 25 heavy (non-hydrogen) atoms. The Morgan fingerprint density at radius 3 is 2.68 bits per heavy atom. The SMILES string of the molecule is O=C(NCCOc1ccccc1)NCC(O)c1csc2ccccc12. The number of ether oxygens (including phenoxy) is 1. The van der Waals surface area contributed by atoms with Gasteiger partial charge < -0.3 is 20.5 Å². The zero-order valence-corrected chi connectivity index (χ0v) is 14.5. The second-order valence-corrected chi connectivity index (χ2v) is 6.41. The predicted molar refractivity (Wildman–Crippen MR) is 100 cm³/mol. The number of aliphatic hydroxyl groups is 1. The van der Waals surface area contributed by atoms with E-state index in [0.29, 0.717) is 13.2 Å². The second kappa shape index (κ2) is 8.50. The molecular formula is C19H20N2O3S. The number of hydrogen-bond donors (Lipinski definition) is 3. The zero-order chi connectivity index (χ0) is 17.5. The van der Waals surface area contributed by atoms with Crippen LogP contribution >= 0.6 is 11.3 Å². The third-order valence-corrected chi connectivity index (χ3v) is 4.71. The Labute approximate surface area is 150 Å². The summed E-state index contributed by atoms with van der Waals surface area (Å²) in [6.45, 7) is 0.930. The van der Waals surface area contributed by atoms with E-state index in [2.05, 4.69) is 10.6 Å². The molecule has 0 spiro atoms. The van der Waals surface area contributed by atoms with Crippen LogP contribution in [-0.2, 0) is 0 Å². The Kier molecular flexibility index (Phi) is 5.87. The number of fused-ring (bicyclic) bond motifs is 1. The lowest BCUT2D eigenvalue weighted by molar-refractivity contribution is 0.174. The van der Waals surface area contributed by atoms with E-state index in [1.54, 1.807) is 11.3 Å². The summed E-state index contributed by atoms with van der Waals surface area (Å²) in [7, 11) is 0. The van der Waals surface area contributed by atoms with Gasteiger partial charge in [-0.25, -0.2) is 4.79 Å². The minimum Gasteiger partial charge on any atom is -0.492 e. The summed E-state index contributed by atoms with van der Waals surface area (Å²) in [6.07, 6.45) is -0.734. The summed E-state index contributed by atoms with van der Waals surface area (Å²) in [5.74, 6) is 0.768. The van der Waals surface area contributed by atoms with Crippen molar-refractivity contribution >= 4 is 27.5 Å². The molecule has 5 nitrogen and oxygen atoms in total. The predicted octanol–water partition coefficient (Wildman–Crippen LogP) is 3.31. The second-order valence-electron chi connectivity index (χ2n) is 5.50. The number of carbonyl (C=O) groups excluding carboxylic acids is 1. The van der Waals surface area contributed by atoms with Crippen molar-refractivity contribution in [3.05, 3.63) is 65.5 Å². The highest BCUT2D eigenvalue weighted by Gasteiger charge is 2.13. The molecule has 3 N–H and O–H groups in total. The fourth-order valence-electron chi connectivity index (χ4n) is 2.47. The molecule has 0 aliphatic rings. The van der Waals surface area contributed by atoms with Gasteiger partial charge in [0.1, 0.15) is 12.4 Å². The maximum absolute atomic E-state index is 11.8. The number of urea groups is 1. The highest BCUT2D eigenvalue weighted by atomic mass is 32.1. The number of rotatable bonds is 7. The smallest absolute Gasteiger partial charge is 0.315 e. The van der Waals surface area contributed by atoms with Gasteiger partial charge in [0, 0.05) is 16.8 Å². The van der Waals surface area contributed by atoms with Crippen LogP contribution in [0.2, 0.25) is 0 Å². The molecule has 1 aromatic heterocycles. The molecule has 1 atom stereocenters. The van der Waals surface area contributed by atoms with Crippen LogP contribution in [0.25, 0.3) is 10.1 Å². The summed E-state index contributed by atoms with van der Waals surface area (Å²) < 4.78 is 6.62. The number of thiophene rings is 1. The number of amides is 2. The maximum atomic E-state index is 11.8. The number of hydrogen-bond acceptors (Lipinski definition) is 4. The molecule has 0 radical (unpaired) electrons. The lowest BCUT2D eigenvalue weighted by atomic mass is 10.1. The van der Waals surface area contributed by atoms with Gasteiger partial charge in [-0.1, -0.05) is 36.4 Å². The zero-order valence-electron chi connectivity index (χ0n) is 13.6. The average Bonchev–Trinajstić information content (AvgIpc) is 3.08. The molecule has 2 amide bonds. The largest absolute Gasteiger partial charge is 0.492 e. The summed E-state index contributed by atoms with van der Waals surface area (Å²) in [5.41, 5.74) is 0.841. The molecule has 2 aromatic carbocycles. The van der Waals surface area contributed by atoms with Gasteiger partial charge in [0.05, 0.1) is 12.6 Å². The first kappa shape index (κ1) is 17.3. The first-order valence-electron chi connectivity index (χ1n) is 8.08. The van der Waals surface area contributed by atoms with E-state index < -0.39 is 6.10 Å². The number of carbonyl (C=O) groups is 1. The van der Waals surface area contributed by atoms with E-state index in [1.807, 2.05) is 60.0 Å². The Morgan fingerprint density at radius 2 is 1.84 bits per heavy atom. The van der Waals surface area contributed by atoms with Crippen molar-refractivity contribution in [2.75, 3.05) is 19.7 Å². The molecule has 3 aromatic rings. The van der Waals surface area contributed by atoms with Crippen LogP contribution in [0.1, 0.15) is 11.7 Å².